The molecule has 0 atom stereocenters. The molecule has 0 aliphatic carbocycles. The summed E-state index contributed by atoms with van der Waals surface area (Å²) in [7, 11) is 0. The summed E-state index contributed by atoms with van der Waals surface area (Å²) in [5.74, 6) is -0.617. The van der Waals surface area contributed by atoms with E-state index in [0.717, 1.165) is 16.5 Å². The Morgan fingerprint density at radius 3 is 2.73 bits per heavy atom. The molecule has 1 aromatic carbocycles. The molecular weight excluding hydrogens is 543 g/mol. The Morgan fingerprint density at radius 2 is 1.93 bits per heavy atom. The van der Waals surface area contributed by atoms with Crippen LogP contribution in [0.15, 0.2) is 54.2 Å². The van der Waals surface area contributed by atoms with Gasteiger partial charge in [-0.1, -0.05) is 12.1 Å². The van der Waals surface area contributed by atoms with E-state index in [0.29, 0.717) is 62.7 Å². The van der Waals surface area contributed by atoms with E-state index in [-0.39, 0.29) is 23.7 Å². The molecule has 12 heteroatoms. The van der Waals surface area contributed by atoms with Crippen molar-refractivity contribution in [1.29, 1.82) is 0 Å². The van der Waals surface area contributed by atoms with Crippen molar-refractivity contribution in [3.05, 3.63) is 87.0 Å². The maximum Gasteiger partial charge on any atom is 0.416 e. The van der Waals surface area contributed by atoms with Crippen molar-refractivity contribution in [2.75, 3.05) is 38.2 Å². The lowest BCUT2D eigenvalue weighted by Crippen LogP contribution is -2.36. The van der Waals surface area contributed by atoms with Crippen LogP contribution in [0.5, 0.6) is 0 Å². The van der Waals surface area contributed by atoms with Gasteiger partial charge in [-0.15, -0.1) is 11.3 Å². The lowest BCUT2D eigenvalue weighted by atomic mass is 10.0. The normalized spacial score (nSPS) is 16.2. The van der Waals surface area contributed by atoms with Gasteiger partial charge in [-0.05, 0) is 41.8 Å². The number of hydrogen-bond acceptors (Lipinski definition) is 6. The van der Waals surface area contributed by atoms with Crippen molar-refractivity contribution in [1.82, 2.24) is 19.2 Å². The fraction of sp³-hybridized carbons (Fsp3) is 0.321. The van der Waals surface area contributed by atoms with Gasteiger partial charge in [0, 0.05) is 48.3 Å². The number of aromatic nitrogens is 2. The smallest absolute Gasteiger partial charge is 0.379 e. The van der Waals surface area contributed by atoms with Gasteiger partial charge in [0.05, 0.1) is 37.1 Å². The Hall–Kier alpha value is -3.74. The van der Waals surface area contributed by atoms with E-state index < -0.39 is 17.6 Å². The number of halogens is 3. The van der Waals surface area contributed by atoms with Crippen molar-refractivity contribution in [2.24, 2.45) is 0 Å². The second-order valence-electron chi connectivity index (χ2n) is 9.81. The van der Waals surface area contributed by atoms with Crippen LogP contribution in [0.2, 0.25) is 0 Å². The Kier molecular flexibility index (Phi) is 7.07. The number of morpholine rings is 1. The lowest BCUT2D eigenvalue weighted by Gasteiger charge is -2.28. The molecule has 40 heavy (non-hydrogen) atoms. The van der Waals surface area contributed by atoms with Crippen LogP contribution in [0.25, 0.3) is 5.65 Å². The van der Waals surface area contributed by atoms with Gasteiger partial charge in [0.15, 0.2) is 0 Å². The number of carbonyl (C=O) groups is 2. The summed E-state index contributed by atoms with van der Waals surface area (Å²) >= 11 is 1.37. The number of carbonyl (C=O) groups excluding carboxylic acids is 2. The Balaban J connectivity index is 1.17. The van der Waals surface area contributed by atoms with Gasteiger partial charge in [-0.2, -0.15) is 13.2 Å². The molecule has 2 aliphatic rings. The minimum atomic E-state index is -4.55. The molecule has 3 aromatic heterocycles. The molecule has 0 spiro atoms. The predicted octanol–water partition coefficient (Wildman–Crippen LogP) is 4.70. The molecule has 4 aromatic rings. The molecule has 8 nitrogen and oxygen atoms in total. The van der Waals surface area contributed by atoms with Crippen molar-refractivity contribution >= 4 is 34.5 Å². The Bertz CT molecular complexity index is 1570. The number of fused-ring (bicyclic) bond motifs is 2. The standard InChI is InChI=1S/C28H26F3N5O3S/c29-28(30,31)22-13-19(5-4-18(22)15-34-9-11-39-12-10-34)33-26(37)21-17-40-24-16-35(8-6-20(21)24)27(38)23-14-32-25-3-1-2-7-36(23)25/h1-5,7,13-14,17H,6,8-12,15-16H2,(H,33,37). The van der Waals surface area contributed by atoms with Crippen LogP contribution in [0.1, 0.15) is 42.4 Å². The quantitative estimate of drug-likeness (QED) is 0.377. The molecule has 6 rings (SSSR count). The van der Waals surface area contributed by atoms with Crippen LogP contribution in [0.4, 0.5) is 18.9 Å². The van der Waals surface area contributed by atoms with Gasteiger partial charge in [0.25, 0.3) is 11.8 Å². The van der Waals surface area contributed by atoms with Crippen molar-refractivity contribution in [2.45, 2.75) is 25.7 Å². The number of ether oxygens (including phenoxy) is 1. The molecule has 5 heterocycles. The first-order valence-corrected chi connectivity index (χ1v) is 13.8. The summed E-state index contributed by atoms with van der Waals surface area (Å²) in [6.07, 6.45) is -0.739. The van der Waals surface area contributed by atoms with Crippen LogP contribution in [-0.2, 0) is 30.4 Å². The Morgan fingerprint density at radius 1 is 1.10 bits per heavy atom. The minimum absolute atomic E-state index is 0.0863. The fourth-order valence-corrected chi connectivity index (χ4v) is 6.29. The number of nitrogens with zero attached hydrogens (tertiary/aromatic N) is 4. The maximum absolute atomic E-state index is 13.9. The van der Waals surface area contributed by atoms with Crippen LogP contribution in [-0.4, -0.2) is 63.8 Å². The second-order valence-corrected chi connectivity index (χ2v) is 10.8. The summed E-state index contributed by atoms with van der Waals surface area (Å²) in [4.78, 5) is 35.2. The van der Waals surface area contributed by atoms with E-state index >= 15 is 0 Å². The fourth-order valence-electron chi connectivity index (χ4n) is 5.20. The number of benzene rings is 1. The molecule has 0 unspecified atom stereocenters. The lowest BCUT2D eigenvalue weighted by molar-refractivity contribution is -0.138. The number of thiophene rings is 1. The molecule has 2 amide bonds. The number of amides is 2. The molecule has 0 bridgehead atoms. The topological polar surface area (TPSA) is 79.2 Å². The first-order chi connectivity index (χ1) is 19.3. The van der Waals surface area contributed by atoms with E-state index in [2.05, 4.69) is 10.3 Å². The van der Waals surface area contributed by atoms with Gasteiger partial charge >= 0.3 is 6.18 Å². The Labute approximate surface area is 232 Å². The number of anilines is 1. The number of rotatable bonds is 5. The first-order valence-electron chi connectivity index (χ1n) is 12.9. The summed E-state index contributed by atoms with van der Waals surface area (Å²) in [5.41, 5.74) is 1.88. The van der Waals surface area contributed by atoms with Gasteiger partial charge in [0.2, 0.25) is 0 Å². The third-order valence-corrected chi connectivity index (χ3v) is 8.30. The SMILES string of the molecule is O=C(Nc1ccc(CN2CCOCC2)c(C(F)(F)F)c1)c1csc2c1CCN(C(=O)c1cnc3ccccn13)C2. The summed E-state index contributed by atoms with van der Waals surface area (Å²) in [6.45, 7) is 3.05. The molecule has 1 fully saturated rings. The molecule has 0 radical (unpaired) electrons. The number of hydrogen-bond donors (Lipinski definition) is 1. The van der Waals surface area contributed by atoms with Crippen LogP contribution < -0.4 is 5.32 Å². The highest BCUT2D eigenvalue weighted by atomic mass is 32.1. The minimum Gasteiger partial charge on any atom is -0.379 e. The van der Waals surface area contributed by atoms with Crippen LogP contribution in [0, 0.1) is 0 Å². The maximum atomic E-state index is 13.9. The van der Waals surface area contributed by atoms with E-state index in [1.165, 1.54) is 23.5 Å². The zero-order valence-electron chi connectivity index (χ0n) is 21.4. The number of imidazole rings is 1. The highest BCUT2D eigenvalue weighted by molar-refractivity contribution is 7.10. The van der Waals surface area contributed by atoms with Gasteiger partial charge in [0.1, 0.15) is 11.3 Å². The average molecular weight is 570 g/mol. The van der Waals surface area contributed by atoms with Crippen molar-refractivity contribution < 1.29 is 27.5 Å². The van der Waals surface area contributed by atoms with Gasteiger partial charge in [-0.3, -0.25) is 18.9 Å². The third kappa shape index (κ3) is 5.21. The van der Waals surface area contributed by atoms with E-state index in [4.69, 9.17) is 4.74 Å². The average Bonchev–Trinajstić information content (AvgIpc) is 3.58. The molecule has 208 valence electrons. The van der Waals surface area contributed by atoms with Crippen molar-refractivity contribution in [3.8, 4) is 0 Å². The molecular formula is C28H26F3N5O3S. The van der Waals surface area contributed by atoms with E-state index in [9.17, 15) is 22.8 Å². The number of nitrogens with one attached hydrogen (secondary N) is 1. The highest BCUT2D eigenvalue weighted by Gasteiger charge is 2.34. The molecule has 1 saturated heterocycles. The predicted molar refractivity (Wildman–Crippen MR) is 143 cm³/mol. The van der Waals surface area contributed by atoms with Crippen LogP contribution in [0.3, 0.4) is 0 Å². The van der Waals surface area contributed by atoms with Gasteiger partial charge in [-0.25, -0.2) is 4.98 Å². The monoisotopic (exact) mass is 569 g/mol. The second kappa shape index (κ2) is 10.7. The number of alkyl halides is 3. The molecule has 0 saturated carbocycles. The highest BCUT2D eigenvalue weighted by Crippen LogP contribution is 2.35. The zero-order chi connectivity index (χ0) is 27.9. The van der Waals surface area contributed by atoms with Crippen LogP contribution >= 0.6 is 11.3 Å². The third-order valence-electron chi connectivity index (χ3n) is 7.29. The summed E-state index contributed by atoms with van der Waals surface area (Å²) in [6, 6.07) is 9.46. The van der Waals surface area contributed by atoms with Crippen molar-refractivity contribution in [3.63, 3.8) is 0 Å². The first kappa shape index (κ1) is 26.5. The molecule has 2 aliphatic heterocycles. The zero-order valence-corrected chi connectivity index (χ0v) is 22.2. The van der Waals surface area contributed by atoms with E-state index in [1.54, 1.807) is 27.1 Å². The largest absolute Gasteiger partial charge is 0.416 e. The summed E-state index contributed by atoms with van der Waals surface area (Å²) in [5, 5.41) is 4.36. The molecule has 1 N–H and O–H groups in total. The van der Waals surface area contributed by atoms with E-state index in [1.807, 2.05) is 23.1 Å². The van der Waals surface area contributed by atoms with Gasteiger partial charge < -0.3 is 15.0 Å². The number of pyridine rings is 1. The summed E-state index contributed by atoms with van der Waals surface area (Å²) < 4.78 is 48.8.